The molecule has 1 atom stereocenters. The summed E-state index contributed by atoms with van der Waals surface area (Å²) in [5.41, 5.74) is 0. The topological polar surface area (TPSA) is 78.9 Å². The molecule has 0 saturated carbocycles. The molecule has 0 aliphatic carbocycles. The summed E-state index contributed by atoms with van der Waals surface area (Å²) in [4.78, 5) is 37.8. The molecule has 1 unspecified atom stereocenters. The molecule has 57 heavy (non-hydrogen) atoms. The third-order valence-electron chi connectivity index (χ3n) is 10.3. The van der Waals surface area contributed by atoms with Gasteiger partial charge in [-0.3, -0.25) is 14.4 Å². The van der Waals surface area contributed by atoms with Crippen molar-refractivity contribution in [3.8, 4) is 0 Å². The van der Waals surface area contributed by atoms with Crippen LogP contribution in [0.3, 0.4) is 0 Å². The molecule has 0 amide bonds. The molecule has 0 aromatic rings. The molecule has 0 radical (unpaired) electrons. The van der Waals surface area contributed by atoms with Crippen molar-refractivity contribution in [1.82, 2.24) is 0 Å². The number of allylic oxidation sites excluding steroid dienone is 8. The summed E-state index contributed by atoms with van der Waals surface area (Å²) in [6, 6.07) is 0. The van der Waals surface area contributed by atoms with E-state index in [0.29, 0.717) is 19.3 Å². The van der Waals surface area contributed by atoms with Crippen LogP contribution in [0.25, 0.3) is 0 Å². The summed E-state index contributed by atoms with van der Waals surface area (Å²) in [6.07, 6.45) is 53.7. The lowest BCUT2D eigenvalue weighted by Gasteiger charge is -2.18. The van der Waals surface area contributed by atoms with Crippen LogP contribution in [-0.4, -0.2) is 37.2 Å². The van der Waals surface area contributed by atoms with Crippen molar-refractivity contribution in [2.45, 2.75) is 245 Å². The second kappa shape index (κ2) is 46.1. The summed E-state index contributed by atoms with van der Waals surface area (Å²) in [6.45, 7) is 6.47. The third-order valence-corrected chi connectivity index (χ3v) is 10.3. The molecule has 0 heterocycles. The van der Waals surface area contributed by atoms with Gasteiger partial charge in [-0.15, -0.1) is 0 Å². The Labute approximate surface area is 352 Å². The van der Waals surface area contributed by atoms with E-state index >= 15 is 0 Å². The largest absolute Gasteiger partial charge is 0.462 e. The quantitative estimate of drug-likeness (QED) is 0.0265. The van der Waals surface area contributed by atoms with Gasteiger partial charge in [0.15, 0.2) is 6.10 Å². The van der Waals surface area contributed by atoms with Crippen molar-refractivity contribution in [1.29, 1.82) is 0 Å². The second-order valence-electron chi connectivity index (χ2n) is 16.0. The first-order valence-corrected chi connectivity index (χ1v) is 24.1. The molecule has 6 nitrogen and oxygen atoms in total. The highest BCUT2D eigenvalue weighted by Gasteiger charge is 2.19. The van der Waals surface area contributed by atoms with Crippen molar-refractivity contribution < 1.29 is 28.6 Å². The minimum Gasteiger partial charge on any atom is -0.462 e. The Morgan fingerprint density at radius 2 is 0.684 bits per heavy atom. The van der Waals surface area contributed by atoms with Crippen LogP contribution in [-0.2, 0) is 28.6 Å². The molecule has 0 aromatic carbocycles. The van der Waals surface area contributed by atoms with Crippen molar-refractivity contribution in [2.24, 2.45) is 0 Å². The van der Waals surface area contributed by atoms with Crippen LogP contribution in [0.15, 0.2) is 48.6 Å². The van der Waals surface area contributed by atoms with Crippen LogP contribution in [0.1, 0.15) is 239 Å². The van der Waals surface area contributed by atoms with Gasteiger partial charge in [-0.2, -0.15) is 0 Å². The molecular weight excluding hydrogens is 709 g/mol. The van der Waals surface area contributed by atoms with Gasteiger partial charge in [0.1, 0.15) is 13.2 Å². The van der Waals surface area contributed by atoms with Crippen molar-refractivity contribution in [3.63, 3.8) is 0 Å². The van der Waals surface area contributed by atoms with E-state index in [4.69, 9.17) is 14.2 Å². The maximum Gasteiger partial charge on any atom is 0.306 e. The monoisotopic (exact) mass is 799 g/mol. The van der Waals surface area contributed by atoms with Gasteiger partial charge in [0.2, 0.25) is 0 Å². The van der Waals surface area contributed by atoms with Gasteiger partial charge in [-0.25, -0.2) is 0 Å². The Bertz CT molecular complexity index is 1010. The van der Waals surface area contributed by atoms with Crippen LogP contribution in [0.5, 0.6) is 0 Å². The fourth-order valence-corrected chi connectivity index (χ4v) is 6.69. The number of hydrogen-bond acceptors (Lipinski definition) is 6. The van der Waals surface area contributed by atoms with E-state index in [-0.39, 0.29) is 31.1 Å². The maximum absolute atomic E-state index is 12.7. The highest BCUT2D eigenvalue weighted by Crippen LogP contribution is 2.15. The molecule has 0 aromatic heterocycles. The Kier molecular flexibility index (Phi) is 43.9. The molecule has 0 aliphatic heterocycles. The molecule has 0 N–H and O–H groups in total. The predicted octanol–water partition coefficient (Wildman–Crippen LogP) is 15.5. The van der Waals surface area contributed by atoms with E-state index in [2.05, 4.69) is 69.4 Å². The average Bonchev–Trinajstić information content (AvgIpc) is 3.21. The molecule has 0 bridgehead atoms. The first-order chi connectivity index (χ1) is 28.0. The number of esters is 3. The summed E-state index contributed by atoms with van der Waals surface area (Å²) < 4.78 is 16.7. The second-order valence-corrected chi connectivity index (χ2v) is 16.0. The standard InChI is InChI=1S/C51H90O6/c1-4-7-10-13-16-19-22-25-27-29-32-35-38-41-44-50(53)56-47-48(46-55-49(52)43-40-37-34-31-28-24-21-18-15-12-9-6-3)57-51(54)45-42-39-36-33-30-26-23-20-17-14-11-8-5-2/h7,10,16,18-19,21,25,27,48H,4-6,8-9,11-15,17,20,22-24,26,28-47H2,1-3H3/b10-7-,19-16-,21-18-,27-25-. The van der Waals surface area contributed by atoms with Gasteiger partial charge in [0.25, 0.3) is 0 Å². The Morgan fingerprint density at radius 3 is 1.12 bits per heavy atom. The van der Waals surface area contributed by atoms with E-state index in [0.717, 1.165) is 96.3 Å². The average molecular weight is 799 g/mol. The fourth-order valence-electron chi connectivity index (χ4n) is 6.69. The molecular formula is C51H90O6. The van der Waals surface area contributed by atoms with Gasteiger partial charge in [0.05, 0.1) is 0 Å². The smallest absolute Gasteiger partial charge is 0.306 e. The Morgan fingerprint density at radius 1 is 0.368 bits per heavy atom. The molecule has 0 saturated heterocycles. The van der Waals surface area contributed by atoms with Gasteiger partial charge in [0, 0.05) is 19.3 Å². The molecule has 330 valence electrons. The maximum atomic E-state index is 12.7. The zero-order valence-corrected chi connectivity index (χ0v) is 37.6. The van der Waals surface area contributed by atoms with Crippen LogP contribution >= 0.6 is 0 Å². The summed E-state index contributed by atoms with van der Waals surface area (Å²) in [5, 5.41) is 0. The van der Waals surface area contributed by atoms with Crippen LogP contribution < -0.4 is 0 Å². The first-order valence-electron chi connectivity index (χ1n) is 24.1. The molecule has 0 aliphatic rings. The Balaban J connectivity index is 4.41. The Hall–Kier alpha value is -2.63. The van der Waals surface area contributed by atoms with E-state index < -0.39 is 6.10 Å². The molecule has 0 rings (SSSR count). The molecule has 6 heteroatoms. The molecule has 0 fully saturated rings. The zero-order chi connectivity index (χ0) is 41.5. The summed E-state index contributed by atoms with van der Waals surface area (Å²) >= 11 is 0. The lowest BCUT2D eigenvalue weighted by atomic mass is 10.0. The van der Waals surface area contributed by atoms with E-state index in [9.17, 15) is 14.4 Å². The van der Waals surface area contributed by atoms with Crippen LogP contribution in [0.2, 0.25) is 0 Å². The van der Waals surface area contributed by atoms with Crippen molar-refractivity contribution >= 4 is 17.9 Å². The van der Waals surface area contributed by atoms with Gasteiger partial charge >= 0.3 is 17.9 Å². The summed E-state index contributed by atoms with van der Waals surface area (Å²) in [7, 11) is 0. The number of ether oxygens (including phenoxy) is 3. The SMILES string of the molecule is CC/C=C\C/C=C\C/C=C\CCCCCCC(=O)OCC(COC(=O)CCCCCCC/C=C\CCCCC)OC(=O)CCCCCCCCCCCCCCC. The van der Waals surface area contributed by atoms with Gasteiger partial charge in [-0.1, -0.05) is 191 Å². The minimum absolute atomic E-state index is 0.0831. The summed E-state index contributed by atoms with van der Waals surface area (Å²) in [5.74, 6) is -0.911. The number of carbonyl (C=O) groups excluding carboxylic acids is 3. The van der Waals surface area contributed by atoms with Gasteiger partial charge in [-0.05, 0) is 77.0 Å². The highest BCUT2D eigenvalue weighted by molar-refractivity contribution is 5.71. The minimum atomic E-state index is -0.781. The van der Waals surface area contributed by atoms with E-state index in [1.807, 2.05) is 0 Å². The fraction of sp³-hybridized carbons (Fsp3) is 0.784. The number of unbranched alkanes of at least 4 members (excludes halogenated alkanes) is 24. The lowest BCUT2D eigenvalue weighted by molar-refractivity contribution is -0.167. The number of rotatable bonds is 43. The predicted molar refractivity (Wildman–Crippen MR) is 242 cm³/mol. The van der Waals surface area contributed by atoms with Crippen molar-refractivity contribution in [3.05, 3.63) is 48.6 Å². The lowest BCUT2D eigenvalue weighted by Crippen LogP contribution is -2.30. The van der Waals surface area contributed by atoms with Crippen LogP contribution in [0.4, 0.5) is 0 Å². The van der Waals surface area contributed by atoms with Crippen LogP contribution in [0, 0.1) is 0 Å². The molecule has 0 spiro atoms. The third kappa shape index (κ3) is 44.3. The first kappa shape index (κ1) is 54.4. The zero-order valence-electron chi connectivity index (χ0n) is 37.6. The normalized spacial score (nSPS) is 12.4. The number of hydrogen-bond donors (Lipinski definition) is 0. The van der Waals surface area contributed by atoms with E-state index in [1.54, 1.807) is 0 Å². The number of carbonyl (C=O) groups is 3. The highest BCUT2D eigenvalue weighted by atomic mass is 16.6. The van der Waals surface area contributed by atoms with E-state index in [1.165, 1.54) is 103 Å². The van der Waals surface area contributed by atoms with Gasteiger partial charge < -0.3 is 14.2 Å². The van der Waals surface area contributed by atoms with Crippen molar-refractivity contribution in [2.75, 3.05) is 13.2 Å².